The fourth-order valence-electron chi connectivity index (χ4n) is 1.17. The van der Waals surface area contributed by atoms with Crippen LogP contribution in [0.1, 0.15) is 6.92 Å². The van der Waals surface area contributed by atoms with Crippen molar-refractivity contribution in [2.24, 2.45) is 0 Å². The predicted octanol–water partition coefficient (Wildman–Crippen LogP) is -1.90. The molecule has 0 aromatic carbocycles. The maximum atomic E-state index is 11.6. The molecule has 7 heteroatoms. The lowest BCUT2D eigenvalue weighted by Gasteiger charge is -2.26. The molecule has 0 bridgehead atoms. The molecule has 0 spiro atoms. The molecule has 0 fully saturated rings. The second-order valence-corrected chi connectivity index (χ2v) is 3.96. The Bertz CT molecular complexity index is 439. The van der Waals surface area contributed by atoms with E-state index in [2.05, 4.69) is 10.3 Å². The number of hydrogen-bond acceptors (Lipinski definition) is 5. The number of aromatic nitrogens is 2. The minimum Gasteiger partial charge on any atom is -0.394 e. The van der Waals surface area contributed by atoms with Gasteiger partial charge in [0.25, 0.3) is 0 Å². The average molecular weight is 241 g/mol. The summed E-state index contributed by atoms with van der Waals surface area (Å²) in [6, 6.07) is 1.53. The zero-order valence-corrected chi connectivity index (χ0v) is 9.46. The zero-order chi connectivity index (χ0) is 12.9. The third kappa shape index (κ3) is 3.65. The zero-order valence-electron chi connectivity index (χ0n) is 9.46. The van der Waals surface area contributed by atoms with Gasteiger partial charge in [-0.25, -0.2) is 9.78 Å². The molecule has 0 saturated heterocycles. The standard InChI is InChI=1S/C10H15N3O4/c1-10(6-14,7-15)12-8(16)5-13-4-2-3-11-9(13)17/h2-4,14-15H,5-7H2,1H3,(H,12,16). The molecule has 0 atom stereocenters. The van der Waals surface area contributed by atoms with E-state index in [1.165, 1.54) is 25.4 Å². The number of aliphatic hydroxyl groups excluding tert-OH is 2. The van der Waals surface area contributed by atoms with E-state index in [4.69, 9.17) is 10.2 Å². The summed E-state index contributed by atoms with van der Waals surface area (Å²) in [4.78, 5) is 26.3. The average Bonchev–Trinajstić information content (AvgIpc) is 2.32. The van der Waals surface area contributed by atoms with Gasteiger partial charge >= 0.3 is 5.69 Å². The van der Waals surface area contributed by atoms with Crippen molar-refractivity contribution in [2.75, 3.05) is 13.2 Å². The van der Waals surface area contributed by atoms with Crippen LogP contribution >= 0.6 is 0 Å². The molecule has 0 aliphatic heterocycles. The summed E-state index contributed by atoms with van der Waals surface area (Å²) >= 11 is 0. The van der Waals surface area contributed by atoms with E-state index in [0.29, 0.717) is 0 Å². The van der Waals surface area contributed by atoms with Crippen LogP contribution < -0.4 is 11.0 Å². The first-order valence-electron chi connectivity index (χ1n) is 5.05. The fourth-order valence-corrected chi connectivity index (χ4v) is 1.17. The van der Waals surface area contributed by atoms with Crippen LogP contribution in [0.25, 0.3) is 0 Å². The van der Waals surface area contributed by atoms with Gasteiger partial charge in [0.1, 0.15) is 6.54 Å². The van der Waals surface area contributed by atoms with E-state index in [9.17, 15) is 9.59 Å². The van der Waals surface area contributed by atoms with Crippen LogP contribution in [0.15, 0.2) is 23.3 Å². The van der Waals surface area contributed by atoms with Gasteiger partial charge in [-0.1, -0.05) is 0 Å². The highest BCUT2D eigenvalue weighted by molar-refractivity contribution is 5.76. The Morgan fingerprint density at radius 3 is 2.71 bits per heavy atom. The second-order valence-electron chi connectivity index (χ2n) is 3.96. The largest absolute Gasteiger partial charge is 0.394 e. The number of aliphatic hydroxyl groups is 2. The van der Waals surface area contributed by atoms with Crippen LogP contribution in [-0.4, -0.2) is 44.4 Å². The number of carbonyl (C=O) groups is 1. The van der Waals surface area contributed by atoms with Gasteiger partial charge in [-0.15, -0.1) is 0 Å². The first-order chi connectivity index (χ1) is 8.00. The third-order valence-electron chi connectivity index (χ3n) is 2.24. The van der Waals surface area contributed by atoms with Crippen molar-refractivity contribution < 1.29 is 15.0 Å². The molecule has 7 nitrogen and oxygen atoms in total. The molecule has 94 valence electrons. The van der Waals surface area contributed by atoms with Crippen molar-refractivity contribution in [1.82, 2.24) is 14.9 Å². The quantitative estimate of drug-likeness (QED) is 0.558. The van der Waals surface area contributed by atoms with Crippen LogP contribution in [0.4, 0.5) is 0 Å². The molecule has 1 amide bonds. The van der Waals surface area contributed by atoms with Crippen molar-refractivity contribution in [1.29, 1.82) is 0 Å². The minimum absolute atomic E-state index is 0.206. The maximum absolute atomic E-state index is 11.6. The summed E-state index contributed by atoms with van der Waals surface area (Å²) in [6.45, 7) is 0.507. The van der Waals surface area contributed by atoms with Gasteiger partial charge in [0.2, 0.25) is 5.91 Å². The number of amides is 1. The van der Waals surface area contributed by atoms with Gasteiger partial charge in [0.05, 0.1) is 18.8 Å². The molecular weight excluding hydrogens is 226 g/mol. The number of nitrogens with one attached hydrogen (secondary N) is 1. The van der Waals surface area contributed by atoms with Crippen LogP contribution in [0.2, 0.25) is 0 Å². The summed E-state index contributed by atoms with van der Waals surface area (Å²) in [5.74, 6) is -0.481. The fraction of sp³-hybridized carbons (Fsp3) is 0.500. The predicted molar refractivity (Wildman–Crippen MR) is 59.2 cm³/mol. The Kier molecular flexibility index (Phi) is 4.36. The highest BCUT2D eigenvalue weighted by Crippen LogP contribution is 2.00. The molecule has 1 heterocycles. The summed E-state index contributed by atoms with van der Waals surface area (Å²) in [6.07, 6.45) is 2.77. The summed E-state index contributed by atoms with van der Waals surface area (Å²) < 4.78 is 1.13. The van der Waals surface area contributed by atoms with Crippen LogP contribution in [-0.2, 0) is 11.3 Å². The SMILES string of the molecule is CC(CO)(CO)NC(=O)Cn1cccnc1=O. The molecular formula is C10H15N3O4. The first-order valence-corrected chi connectivity index (χ1v) is 5.05. The van der Waals surface area contributed by atoms with E-state index >= 15 is 0 Å². The molecule has 0 unspecified atom stereocenters. The summed E-state index contributed by atoms with van der Waals surface area (Å²) in [5.41, 5.74) is -1.62. The van der Waals surface area contributed by atoms with Gasteiger partial charge in [-0.3, -0.25) is 9.36 Å². The van der Waals surface area contributed by atoms with Crippen molar-refractivity contribution in [2.45, 2.75) is 19.0 Å². The summed E-state index contributed by atoms with van der Waals surface area (Å²) in [7, 11) is 0. The van der Waals surface area contributed by atoms with Gasteiger partial charge in [0.15, 0.2) is 0 Å². The number of carbonyl (C=O) groups excluding carboxylic acids is 1. The topological polar surface area (TPSA) is 104 Å². The van der Waals surface area contributed by atoms with Gasteiger partial charge < -0.3 is 15.5 Å². The Hall–Kier alpha value is -1.73. The van der Waals surface area contributed by atoms with Crippen molar-refractivity contribution in [3.8, 4) is 0 Å². The van der Waals surface area contributed by atoms with Gasteiger partial charge in [0, 0.05) is 12.4 Å². The Morgan fingerprint density at radius 1 is 1.53 bits per heavy atom. The Labute approximate surface area is 97.7 Å². The normalized spacial score (nSPS) is 11.2. The van der Waals surface area contributed by atoms with Gasteiger partial charge in [-0.2, -0.15) is 0 Å². The van der Waals surface area contributed by atoms with Gasteiger partial charge in [-0.05, 0) is 13.0 Å². The molecule has 17 heavy (non-hydrogen) atoms. The van der Waals surface area contributed by atoms with Crippen molar-refractivity contribution in [3.05, 3.63) is 28.9 Å². The van der Waals surface area contributed by atoms with E-state index in [0.717, 1.165) is 4.57 Å². The monoisotopic (exact) mass is 241 g/mol. The van der Waals surface area contributed by atoms with Crippen molar-refractivity contribution >= 4 is 5.91 Å². The minimum atomic E-state index is -1.09. The third-order valence-corrected chi connectivity index (χ3v) is 2.24. The molecule has 1 aromatic heterocycles. The van der Waals surface area contributed by atoms with E-state index in [-0.39, 0.29) is 6.54 Å². The van der Waals surface area contributed by atoms with Crippen LogP contribution in [0.5, 0.6) is 0 Å². The Balaban J connectivity index is 2.68. The first kappa shape index (κ1) is 13.3. The van der Waals surface area contributed by atoms with Crippen LogP contribution in [0.3, 0.4) is 0 Å². The van der Waals surface area contributed by atoms with E-state index in [1.54, 1.807) is 0 Å². The molecule has 0 aliphatic rings. The second kappa shape index (κ2) is 5.55. The maximum Gasteiger partial charge on any atom is 0.347 e. The highest BCUT2D eigenvalue weighted by Gasteiger charge is 2.24. The van der Waals surface area contributed by atoms with Crippen LogP contribution in [0, 0.1) is 0 Å². The van der Waals surface area contributed by atoms with E-state index < -0.39 is 30.3 Å². The number of rotatable bonds is 5. The number of nitrogens with zero attached hydrogens (tertiary/aromatic N) is 2. The molecule has 0 aliphatic carbocycles. The summed E-state index contributed by atoms with van der Waals surface area (Å²) in [5, 5.41) is 20.4. The smallest absolute Gasteiger partial charge is 0.347 e. The lowest BCUT2D eigenvalue weighted by molar-refractivity contribution is -0.124. The molecule has 3 N–H and O–H groups in total. The molecule has 1 rings (SSSR count). The molecule has 1 aromatic rings. The lowest BCUT2D eigenvalue weighted by atomic mass is 10.1. The lowest BCUT2D eigenvalue weighted by Crippen LogP contribution is -2.53. The highest BCUT2D eigenvalue weighted by atomic mass is 16.3. The van der Waals surface area contributed by atoms with E-state index in [1.807, 2.05) is 0 Å². The molecule has 0 radical (unpaired) electrons. The number of hydrogen-bond donors (Lipinski definition) is 3. The van der Waals surface area contributed by atoms with Crippen molar-refractivity contribution in [3.63, 3.8) is 0 Å². The molecule has 0 saturated carbocycles. The Morgan fingerprint density at radius 2 is 2.18 bits per heavy atom.